The molecule has 0 spiro atoms. The monoisotopic (exact) mass is 331 g/mol. The average molecular weight is 332 g/mol. The Morgan fingerprint density at radius 3 is 2.61 bits per heavy atom. The van der Waals surface area contributed by atoms with E-state index in [9.17, 15) is 14.3 Å². The lowest BCUT2D eigenvalue weighted by Crippen LogP contribution is -2.06. The maximum atomic E-state index is 13.3. The number of carboxylic acids is 1. The van der Waals surface area contributed by atoms with Gasteiger partial charge in [0.2, 0.25) is 0 Å². The lowest BCUT2D eigenvalue weighted by molar-refractivity contribution is 0.0691. The van der Waals surface area contributed by atoms with Gasteiger partial charge in [0.05, 0.1) is 6.54 Å². The molecule has 1 N–H and O–H groups in total. The van der Waals surface area contributed by atoms with E-state index in [1.807, 2.05) is 0 Å². The van der Waals surface area contributed by atoms with Crippen LogP contribution in [0.1, 0.15) is 16.1 Å². The Labute approximate surface area is 135 Å². The Balaban J connectivity index is 2.07. The second kappa shape index (κ2) is 6.18. The summed E-state index contributed by atoms with van der Waals surface area (Å²) in [6, 6.07) is 12.7. The summed E-state index contributed by atoms with van der Waals surface area (Å²) in [7, 11) is 0. The molecule has 0 unspecified atom stereocenters. The van der Waals surface area contributed by atoms with Gasteiger partial charge in [-0.2, -0.15) is 0 Å². The molecular weight excluding hydrogens is 321 g/mol. The Bertz CT molecular complexity index is 862. The van der Waals surface area contributed by atoms with Crippen LogP contribution >= 0.6 is 11.6 Å². The van der Waals surface area contributed by atoms with Crippen molar-refractivity contribution in [1.29, 1.82) is 0 Å². The van der Waals surface area contributed by atoms with Crippen LogP contribution in [-0.2, 0) is 6.54 Å². The first-order chi connectivity index (χ1) is 11.0. The van der Waals surface area contributed by atoms with E-state index in [0.717, 1.165) is 0 Å². The van der Waals surface area contributed by atoms with Gasteiger partial charge < -0.3 is 5.11 Å². The topological polar surface area (TPSA) is 68.0 Å². The fraction of sp³-hybridized carbons (Fsp3) is 0.0625. The summed E-state index contributed by atoms with van der Waals surface area (Å²) in [5.74, 6) is -1.55. The van der Waals surface area contributed by atoms with Gasteiger partial charge in [-0.3, -0.25) is 0 Å². The van der Waals surface area contributed by atoms with Gasteiger partial charge in [-0.25, -0.2) is 13.9 Å². The standard InChI is InChI=1S/C16H11ClFN3O2/c17-12-6-4-11(5-7-12)15-14(16(22)23)19-20-21(15)9-10-2-1-3-13(18)8-10/h1-8H,9H2,(H,22,23). The van der Waals surface area contributed by atoms with Crippen molar-refractivity contribution in [2.24, 2.45) is 0 Å². The Kier molecular flexibility index (Phi) is 4.08. The molecule has 0 saturated heterocycles. The number of hydrogen-bond donors (Lipinski definition) is 1. The number of carboxylic acid groups (broad SMARTS) is 1. The molecule has 0 amide bonds. The number of nitrogens with zero attached hydrogens (tertiary/aromatic N) is 3. The lowest BCUT2D eigenvalue weighted by atomic mass is 10.1. The van der Waals surface area contributed by atoms with Gasteiger partial charge in [-0.1, -0.05) is 41.1 Å². The molecule has 0 aliphatic carbocycles. The summed E-state index contributed by atoms with van der Waals surface area (Å²) in [6.45, 7) is 0.204. The molecule has 2 aromatic carbocycles. The van der Waals surface area contributed by atoms with Crippen LogP contribution in [0.5, 0.6) is 0 Å². The predicted octanol–water partition coefficient (Wildman–Crippen LogP) is 3.48. The van der Waals surface area contributed by atoms with E-state index >= 15 is 0 Å². The molecule has 0 atom stereocenters. The quantitative estimate of drug-likeness (QED) is 0.794. The number of aromatic nitrogens is 3. The molecular formula is C16H11ClFN3O2. The summed E-state index contributed by atoms with van der Waals surface area (Å²) in [6.07, 6.45) is 0. The number of benzene rings is 2. The summed E-state index contributed by atoms with van der Waals surface area (Å²) in [5, 5.41) is 17.5. The summed E-state index contributed by atoms with van der Waals surface area (Å²) in [5.41, 5.74) is 1.46. The highest BCUT2D eigenvalue weighted by molar-refractivity contribution is 6.30. The van der Waals surface area contributed by atoms with Crippen LogP contribution in [0, 0.1) is 5.82 Å². The van der Waals surface area contributed by atoms with Crippen LogP contribution in [0.3, 0.4) is 0 Å². The first kappa shape index (κ1) is 15.2. The van der Waals surface area contributed by atoms with E-state index in [1.54, 1.807) is 36.4 Å². The number of halogens is 2. The zero-order chi connectivity index (χ0) is 16.4. The minimum Gasteiger partial charge on any atom is -0.476 e. The molecule has 0 aliphatic rings. The lowest BCUT2D eigenvalue weighted by Gasteiger charge is -2.08. The summed E-state index contributed by atoms with van der Waals surface area (Å²) >= 11 is 5.87. The molecule has 116 valence electrons. The van der Waals surface area contributed by atoms with Gasteiger partial charge >= 0.3 is 5.97 Å². The van der Waals surface area contributed by atoms with E-state index in [1.165, 1.54) is 16.8 Å². The first-order valence-corrected chi connectivity index (χ1v) is 7.09. The molecule has 0 saturated carbocycles. The normalized spacial score (nSPS) is 10.7. The van der Waals surface area contributed by atoms with Crippen molar-refractivity contribution in [2.45, 2.75) is 6.54 Å². The average Bonchev–Trinajstić information content (AvgIpc) is 2.92. The highest BCUT2D eigenvalue weighted by Gasteiger charge is 2.20. The second-order valence-corrected chi connectivity index (χ2v) is 5.32. The fourth-order valence-corrected chi connectivity index (χ4v) is 2.40. The highest BCUT2D eigenvalue weighted by Crippen LogP contribution is 2.25. The van der Waals surface area contributed by atoms with E-state index < -0.39 is 5.97 Å². The number of aromatic carboxylic acids is 1. The number of hydrogen-bond acceptors (Lipinski definition) is 3. The maximum Gasteiger partial charge on any atom is 0.358 e. The molecule has 5 nitrogen and oxygen atoms in total. The SMILES string of the molecule is O=C(O)c1nnn(Cc2cccc(F)c2)c1-c1ccc(Cl)cc1. The fourth-order valence-electron chi connectivity index (χ4n) is 2.27. The number of rotatable bonds is 4. The van der Waals surface area contributed by atoms with Gasteiger partial charge in [0.15, 0.2) is 5.69 Å². The molecule has 3 aromatic rings. The minimum absolute atomic E-state index is 0.163. The van der Waals surface area contributed by atoms with Crippen molar-refractivity contribution in [3.05, 3.63) is 70.6 Å². The van der Waals surface area contributed by atoms with Crippen molar-refractivity contribution in [3.8, 4) is 11.3 Å². The van der Waals surface area contributed by atoms with Crippen molar-refractivity contribution in [2.75, 3.05) is 0 Å². The third-order valence-electron chi connectivity index (χ3n) is 3.28. The largest absolute Gasteiger partial charge is 0.476 e. The van der Waals surface area contributed by atoms with Gasteiger partial charge in [0, 0.05) is 10.6 Å². The molecule has 1 aromatic heterocycles. The molecule has 0 fully saturated rings. The molecule has 1 heterocycles. The summed E-state index contributed by atoms with van der Waals surface area (Å²) < 4.78 is 14.7. The number of carbonyl (C=O) groups is 1. The van der Waals surface area contributed by atoms with Crippen LogP contribution in [-0.4, -0.2) is 26.1 Å². The van der Waals surface area contributed by atoms with Crippen LogP contribution in [0.2, 0.25) is 5.02 Å². The zero-order valence-corrected chi connectivity index (χ0v) is 12.5. The highest BCUT2D eigenvalue weighted by atomic mass is 35.5. The van der Waals surface area contributed by atoms with Crippen molar-refractivity contribution < 1.29 is 14.3 Å². The van der Waals surface area contributed by atoms with Crippen LogP contribution in [0.4, 0.5) is 4.39 Å². The summed E-state index contributed by atoms with van der Waals surface area (Å²) in [4.78, 5) is 11.4. The maximum absolute atomic E-state index is 13.3. The van der Waals surface area contributed by atoms with Crippen LogP contribution in [0.25, 0.3) is 11.3 Å². The third kappa shape index (κ3) is 3.22. The van der Waals surface area contributed by atoms with Crippen LogP contribution in [0.15, 0.2) is 48.5 Å². The van der Waals surface area contributed by atoms with Gasteiger partial charge in [-0.15, -0.1) is 5.10 Å². The van der Waals surface area contributed by atoms with Crippen molar-refractivity contribution in [1.82, 2.24) is 15.0 Å². The molecule has 23 heavy (non-hydrogen) atoms. The molecule has 7 heteroatoms. The first-order valence-electron chi connectivity index (χ1n) is 6.72. The zero-order valence-electron chi connectivity index (χ0n) is 11.8. The van der Waals surface area contributed by atoms with E-state index in [-0.39, 0.29) is 18.1 Å². The molecule has 3 rings (SSSR count). The Morgan fingerprint density at radius 2 is 1.96 bits per heavy atom. The minimum atomic E-state index is -1.18. The molecule has 0 bridgehead atoms. The molecule has 0 aliphatic heterocycles. The smallest absolute Gasteiger partial charge is 0.358 e. The van der Waals surface area contributed by atoms with Gasteiger partial charge in [0.25, 0.3) is 0 Å². The van der Waals surface area contributed by atoms with Crippen molar-refractivity contribution >= 4 is 17.6 Å². The van der Waals surface area contributed by atoms with E-state index in [4.69, 9.17) is 11.6 Å². The van der Waals surface area contributed by atoms with Gasteiger partial charge in [0.1, 0.15) is 11.5 Å². The van der Waals surface area contributed by atoms with E-state index in [2.05, 4.69) is 10.3 Å². The Morgan fingerprint density at radius 1 is 1.22 bits per heavy atom. The van der Waals surface area contributed by atoms with Crippen molar-refractivity contribution in [3.63, 3.8) is 0 Å². The van der Waals surface area contributed by atoms with E-state index in [0.29, 0.717) is 21.8 Å². The Hall–Kier alpha value is -2.73. The molecule has 0 radical (unpaired) electrons. The van der Waals surface area contributed by atoms with Gasteiger partial charge in [-0.05, 0) is 29.8 Å². The van der Waals surface area contributed by atoms with Crippen LogP contribution < -0.4 is 0 Å². The predicted molar refractivity (Wildman–Crippen MR) is 82.9 cm³/mol. The second-order valence-electron chi connectivity index (χ2n) is 4.89. The third-order valence-corrected chi connectivity index (χ3v) is 3.53.